The van der Waals surface area contributed by atoms with Gasteiger partial charge in [0.25, 0.3) is 0 Å². The van der Waals surface area contributed by atoms with E-state index in [0.717, 1.165) is 36.5 Å². The summed E-state index contributed by atoms with van der Waals surface area (Å²) in [5.41, 5.74) is 1.51. The Morgan fingerprint density at radius 3 is 2.66 bits per heavy atom. The lowest BCUT2D eigenvalue weighted by Gasteiger charge is -2.41. The normalized spacial score (nSPS) is 26.5. The summed E-state index contributed by atoms with van der Waals surface area (Å²) in [6.45, 7) is 7.03. The molecule has 3 atom stereocenters. The number of fused-ring (bicyclic) bond motifs is 2. The van der Waals surface area contributed by atoms with E-state index in [-0.39, 0.29) is 5.82 Å². The minimum atomic E-state index is -0.333. The number of hydrogen-bond donors (Lipinski definition) is 1. The van der Waals surface area contributed by atoms with Crippen LogP contribution in [0.25, 0.3) is 11.3 Å². The first-order valence-corrected chi connectivity index (χ1v) is 12.3. The van der Waals surface area contributed by atoms with Crippen LogP contribution in [0.1, 0.15) is 39.0 Å². The zero-order valence-electron chi connectivity index (χ0n) is 18.7. The quantitative estimate of drug-likeness (QED) is 0.517. The molecular formula is C26H32ClFN4. The van der Waals surface area contributed by atoms with Crippen LogP contribution >= 0.6 is 11.6 Å². The Balaban J connectivity index is 1.08. The Bertz CT molecular complexity index is 968. The molecule has 0 radical (unpaired) electrons. The van der Waals surface area contributed by atoms with Crippen LogP contribution in [-0.4, -0.2) is 41.3 Å². The lowest BCUT2D eigenvalue weighted by Crippen LogP contribution is -2.42. The minimum absolute atomic E-state index is 0.333. The molecule has 170 valence electrons. The lowest BCUT2D eigenvalue weighted by molar-refractivity contribution is 0.0961. The Kier molecular flexibility index (Phi) is 6.22. The number of halogens is 2. The van der Waals surface area contributed by atoms with E-state index in [0.29, 0.717) is 21.7 Å². The highest BCUT2D eigenvalue weighted by Gasteiger charge is 2.37. The molecule has 0 spiro atoms. The molecule has 2 fully saturated rings. The van der Waals surface area contributed by atoms with Crippen molar-refractivity contribution in [1.29, 1.82) is 0 Å². The number of nitrogens with one attached hydrogen (secondary N) is 1. The van der Waals surface area contributed by atoms with Gasteiger partial charge in [0.1, 0.15) is 11.6 Å². The molecule has 32 heavy (non-hydrogen) atoms. The van der Waals surface area contributed by atoms with Crippen LogP contribution in [0.5, 0.6) is 0 Å². The van der Waals surface area contributed by atoms with Crippen LogP contribution in [0, 0.1) is 29.0 Å². The monoisotopic (exact) mass is 454 g/mol. The highest BCUT2D eigenvalue weighted by molar-refractivity contribution is 6.33. The van der Waals surface area contributed by atoms with Crippen molar-refractivity contribution in [3.8, 4) is 11.3 Å². The highest BCUT2D eigenvalue weighted by Crippen LogP contribution is 2.44. The second kappa shape index (κ2) is 9.11. The molecule has 2 heterocycles. The van der Waals surface area contributed by atoms with E-state index in [1.165, 1.54) is 57.5 Å². The van der Waals surface area contributed by atoms with E-state index >= 15 is 0 Å². The molecule has 4 nitrogen and oxygen atoms in total. The van der Waals surface area contributed by atoms with Crippen LogP contribution < -0.4 is 5.32 Å². The molecule has 1 aromatic heterocycles. The smallest absolute Gasteiger partial charge is 0.148 e. The van der Waals surface area contributed by atoms with Gasteiger partial charge >= 0.3 is 0 Å². The van der Waals surface area contributed by atoms with Crippen LogP contribution in [0.4, 0.5) is 10.2 Å². The van der Waals surface area contributed by atoms with Crippen molar-refractivity contribution in [3.63, 3.8) is 0 Å². The van der Waals surface area contributed by atoms with Gasteiger partial charge in [0, 0.05) is 18.7 Å². The first-order chi connectivity index (χ1) is 15.5. The van der Waals surface area contributed by atoms with Gasteiger partial charge in [-0.25, -0.2) is 4.39 Å². The third-order valence-corrected chi connectivity index (χ3v) is 8.21. The van der Waals surface area contributed by atoms with Gasteiger partial charge < -0.3 is 10.2 Å². The molecule has 0 amide bonds. The maximum Gasteiger partial charge on any atom is 0.148 e. The van der Waals surface area contributed by atoms with Gasteiger partial charge in [-0.3, -0.25) is 0 Å². The third-order valence-electron chi connectivity index (χ3n) is 7.88. The predicted molar refractivity (Wildman–Crippen MR) is 128 cm³/mol. The SMILES string of the molecule is CC1(CCNc2ccc(-c3cc(F)ccc3Cl)nn2)CCN(CC2CC3C=CC2C3)CC1. The highest BCUT2D eigenvalue weighted by atomic mass is 35.5. The molecule has 1 saturated heterocycles. The maximum atomic E-state index is 13.5. The lowest BCUT2D eigenvalue weighted by atomic mass is 9.77. The number of rotatable bonds is 7. The summed E-state index contributed by atoms with van der Waals surface area (Å²) in [7, 11) is 0. The summed E-state index contributed by atoms with van der Waals surface area (Å²) in [6.07, 6.45) is 11.4. The van der Waals surface area contributed by atoms with Crippen molar-refractivity contribution in [2.24, 2.45) is 23.2 Å². The average molecular weight is 455 g/mol. The van der Waals surface area contributed by atoms with Crippen molar-refractivity contribution in [2.75, 3.05) is 31.5 Å². The second-order valence-electron chi connectivity index (χ2n) is 10.3. The molecule has 1 saturated carbocycles. The van der Waals surface area contributed by atoms with Crippen LogP contribution in [0.2, 0.25) is 5.02 Å². The fourth-order valence-electron chi connectivity index (χ4n) is 5.72. The topological polar surface area (TPSA) is 41.1 Å². The maximum absolute atomic E-state index is 13.5. The van der Waals surface area contributed by atoms with Crippen molar-refractivity contribution >= 4 is 17.4 Å². The number of allylic oxidation sites excluding steroid dienone is 2. The number of aromatic nitrogens is 2. The summed E-state index contributed by atoms with van der Waals surface area (Å²) in [5, 5.41) is 12.4. The van der Waals surface area contributed by atoms with E-state index in [1.54, 1.807) is 6.07 Å². The Hall–Kier alpha value is -1.98. The summed E-state index contributed by atoms with van der Waals surface area (Å²) < 4.78 is 13.5. The Morgan fingerprint density at radius 2 is 1.97 bits per heavy atom. The molecular weight excluding hydrogens is 423 g/mol. The molecule has 6 heteroatoms. The average Bonchev–Trinajstić information content (AvgIpc) is 3.41. The molecule has 2 aromatic rings. The van der Waals surface area contributed by atoms with Gasteiger partial charge in [0.2, 0.25) is 0 Å². The van der Waals surface area contributed by atoms with Crippen LogP contribution in [0.3, 0.4) is 0 Å². The number of anilines is 1. The van der Waals surface area contributed by atoms with Gasteiger partial charge in [-0.05, 0) is 98.7 Å². The van der Waals surface area contributed by atoms with Gasteiger partial charge in [-0.1, -0.05) is 30.7 Å². The summed E-state index contributed by atoms with van der Waals surface area (Å²) in [5.74, 6) is 3.02. The number of nitrogens with zero attached hydrogens (tertiary/aromatic N) is 3. The molecule has 3 aliphatic rings. The van der Waals surface area contributed by atoms with Gasteiger partial charge in [-0.2, -0.15) is 0 Å². The third kappa shape index (κ3) is 4.84. The minimum Gasteiger partial charge on any atom is -0.369 e. The van der Waals surface area contributed by atoms with E-state index in [1.807, 2.05) is 12.1 Å². The fraction of sp³-hybridized carbons (Fsp3) is 0.538. The summed E-state index contributed by atoms with van der Waals surface area (Å²) >= 11 is 6.17. The molecule has 2 aliphatic carbocycles. The Labute approximate surface area is 195 Å². The van der Waals surface area contributed by atoms with Gasteiger partial charge in [0.05, 0.1) is 10.7 Å². The molecule has 5 rings (SSSR count). The van der Waals surface area contributed by atoms with Gasteiger partial charge in [0.15, 0.2) is 0 Å². The zero-order chi connectivity index (χ0) is 22.1. The summed E-state index contributed by atoms with van der Waals surface area (Å²) in [4.78, 5) is 2.70. The van der Waals surface area contributed by atoms with Crippen molar-refractivity contribution in [1.82, 2.24) is 15.1 Å². The molecule has 1 aromatic carbocycles. The van der Waals surface area contributed by atoms with E-state index in [4.69, 9.17) is 11.6 Å². The van der Waals surface area contributed by atoms with Crippen LogP contribution in [0.15, 0.2) is 42.5 Å². The van der Waals surface area contributed by atoms with Crippen molar-refractivity contribution < 1.29 is 4.39 Å². The van der Waals surface area contributed by atoms with Crippen molar-refractivity contribution in [2.45, 2.75) is 39.0 Å². The van der Waals surface area contributed by atoms with Gasteiger partial charge in [-0.15, -0.1) is 10.2 Å². The number of likely N-dealkylation sites (tertiary alicyclic amines) is 1. The van der Waals surface area contributed by atoms with Crippen LogP contribution in [-0.2, 0) is 0 Å². The number of piperidine rings is 1. The zero-order valence-corrected chi connectivity index (χ0v) is 19.5. The molecule has 1 aliphatic heterocycles. The number of hydrogen-bond acceptors (Lipinski definition) is 4. The number of benzene rings is 1. The van der Waals surface area contributed by atoms with Crippen molar-refractivity contribution in [3.05, 3.63) is 53.3 Å². The first kappa shape index (κ1) is 21.8. The standard InChI is InChI=1S/C26H32ClFN4/c1-26(9-12-32(13-10-26)17-20-15-18-2-3-19(20)14-18)8-11-29-25-7-6-24(30-31-25)22-16-21(28)4-5-23(22)27/h2-7,16,18-20H,8-15,17H2,1H3,(H,29,31). The molecule has 1 N–H and O–H groups in total. The molecule has 3 unspecified atom stereocenters. The van der Waals surface area contributed by atoms with E-state index < -0.39 is 0 Å². The largest absolute Gasteiger partial charge is 0.369 e. The van der Waals surface area contributed by atoms with E-state index in [2.05, 4.69) is 39.5 Å². The molecule has 2 bridgehead atoms. The Morgan fingerprint density at radius 1 is 1.12 bits per heavy atom. The fourth-order valence-corrected chi connectivity index (χ4v) is 5.93. The predicted octanol–water partition coefficient (Wildman–Crippen LogP) is 6.05. The summed E-state index contributed by atoms with van der Waals surface area (Å²) in [6, 6.07) is 8.00. The first-order valence-electron chi connectivity index (χ1n) is 11.9. The second-order valence-corrected chi connectivity index (χ2v) is 10.7. The van der Waals surface area contributed by atoms with E-state index in [9.17, 15) is 4.39 Å².